The standard InChI is InChI=1S/C18H28N4O/c1-2-19-17(20-14-18(23)10-6-11-18)21-15-9-12-22(13-15)16-7-4-3-5-8-16/h3-5,7-8,15,23H,2,6,9-14H2,1H3,(H2,19,20,21). The highest BCUT2D eigenvalue weighted by Gasteiger charge is 2.34. The number of hydrogen-bond donors (Lipinski definition) is 3. The van der Waals surface area contributed by atoms with Gasteiger partial charge in [-0.25, -0.2) is 0 Å². The molecule has 0 aromatic heterocycles. The van der Waals surface area contributed by atoms with Crippen LogP contribution in [0.15, 0.2) is 35.3 Å². The molecule has 1 aromatic carbocycles. The number of hydrogen-bond acceptors (Lipinski definition) is 3. The Kier molecular flexibility index (Phi) is 5.06. The Labute approximate surface area is 138 Å². The number of nitrogens with one attached hydrogen (secondary N) is 2. The van der Waals surface area contributed by atoms with Crippen molar-refractivity contribution in [1.29, 1.82) is 0 Å². The van der Waals surface area contributed by atoms with Gasteiger partial charge in [-0.3, -0.25) is 4.99 Å². The molecule has 1 unspecified atom stereocenters. The summed E-state index contributed by atoms with van der Waals surface area (Å²) in [6.07, 6.45) is 3.97. The molecule has 1 aliphatic carbocycles. The fourth-order valence-corrected chi connectivity index (χ4v) is 3.23. The van der Waals surface area contributed by atoms with Crippen molar-refractivity contribution in [2.45, 2.75) is 44.2 Å². The van der Waals surface area contributed by atoms with Crippen LogP contribution in [0.4, 0.5) is 5.69 Å². The van der Waals surface area contributed by atoms with Gasteiger partial charge in [0.25, 0.3) is 0 Å². The molecular formula is C18H28N4O. The Morgan fingerprint density at radius 1 is 1.35 bits per heavy atom. The summed E-state index contributed by atoms with van der Waals surface area (Å²) in [5.74, 6) is 0.827. The lowest BCUT2D eigenvalue weighted by atomic mass is 9.80. The molecule has 2 fully saturated rings. The maximum absolute atomic E-state index is 10.2. The summed E-state index contributed by atoms with van der Waals surface area (Å²) < 4.78 is 0. The molecule has 1 aromatic rings. The van der Waals surface area contributed by atoms with Gasteiger partial charge in [0.1, 0.15) is 0 Å². The molecule has 1 atom stereocenters. The SMILES string of the molecule is CCNC(=NCC1(O)CCC1)NC1CCN(c2ccccc2)C1. The van der Waals surface area contributed by atoms with E-state index >= 15 is 0 Å². The van der Waals surface area contributed by atoms with E-state index in [0.717, 1.165) is 51.3 Å². The van der Waals surface area contributed by atoms with E-state index in [0.29, 0.717) is 12.6 Å². The van der Waals surface area contributed by atoms with E-state index in [1.54, 1.807) is 0 Å². The molecule has 126 valence electrons. The molecule has 5 nitrogen and oxygen atoms in total. The van der Waals surface area contributed by atoms with Crippen LogP contribution in [0.25, 0.3) is 0 Å². The summed E-state index contributed by atoms with van der Waals surface area (Å²) in [4.78, 5) is 7.00. The lowest BCUT2D eigenvalue weighted by molar-refractivity contribution is -0.0236. The van der Waals surface area contributed by atoms with Crippen LogP contribution in [0.2, 0.25) is 0 Å². The summed E-state index contributed by atoms with van der Waals surface area (Å²) in [7, 11) is 0. The van der Waals surface area contributed by atoms with E-state index in [2.05, 4.69) is 57.8 Å². The lowest BCUT2D eigenvalue weighted by Gasteiger charge is -2.35. The minimum absolute atomic E-state index is 0.393. The fourth-order valence-electron chi connectivity index (χ4n) is 3.23. The zero-order valence-electron chi connectivity index (χ0n) is 14.0. The number of guanidine groups is 1. The zero-order valence-corrected chi connectivity index (χ0v) is 14.0. The number of benzene rings is 1. The molecule has 3 rings (SSSR count). The molecule has 1 heterocycles. The Bertz CT molecular complexity index is 527. The van der Waals surface area contributed by atoms with Gasteiger partial charge in [0.15, 0.2) is 5.96 Å². The number of nitrogens with zero attached hydrogens (tertiary/aromatic N) is 2. The Balaban J connectivity index is 1.55. The third kappa shape index (κ3) is 4.16. The van der Waals surface area contributed by atoms with Crippen molar-refractivity contribution in [2.24, 2.45) is 4.99 Å². The first kappa shape index (κ1) is 16.1. The van der Waals surface area contributed by atoms with Crippen molar-refractivity contribution in [3.05, 3.63) is 30.3 Å². The van der Waals surface area contributed by atoms with Crippen LogP contribution in [0.3, 0.4) is 0 Å². The second kappa shape index (κ2) is 7.21. The summed E-state index contributed by atoms with van der Waals surface area (Å²) in [6.45, 7) is 5.45. The van der Waals surface area contributed by atoms with Crippen LogP contribution >= 0.6 is 0 Å². The molecular weight excluding hydrogens is 288 g/mol. The maximum atomic E-state index is 10.2. The van der Waals surface area contributed by atoms with Gasteiger partial charge in [0, 0.05) is 31.4 Å². The molecule has 2 aliphatic rings. The average molecular weight is 316 g/mol. The van der Waals surface area contributed by atoms with E-state index in [4.69, 9.17) is 0 Å². The van der Waals surface area contributed by atoms with Crippen LogP contribution < -0.4 is 15.5 Å². The van der Waals surface area contributed by atoms with E-state index in [1.165, 1.54) is 5.69 Å². The van der Waals surface area contributed by atoms with Crippen molar-refractivity contribution < 1.29 is 5.11 Å². The van der Waals surface area contributed by atoms with Crippen LogP contribution in [0.1, 0.15) is 32.6 Å². The van der Waals surface area contributed by atoms with Crippen LogP contribution in [0.5, 0.6) is 0 Å². The first-order chi connectivity index (χ1) is 11.2. The minimum atomic E-state index is -0.561. The average Bonchev–Trinajstić information content (AvgIpc) is 3.00. The first-order valence-electron chi connectivity index (χ1n) is 8.76. The monoisotopic (exact) mass is 316 g/mol. The minimum Gasteiger partial charge on any atom is -0.388 e. The first-order valence-corrected chi connectivity index (χ1v) is 8.76. The topological polar surface area (TPSA) is 59.9 Å². The molecule has 1 saturated carbocycles. The van der Waals surface area contributed by atoms with Crippen molar-refractivity contribution in [3.8, 4) is 0 Å². The van der Waals surface area contributed by atoms with Crippen molar-refractivity contribution >= 4 is 11.6 Å². The molecule has 23 heavy (non-hydrogen) atoms. The summed E-state index contributed by atoms with van der Waals surface area (Å²) in [6, 6.07) is 10.9. The van der Waals surface area contributed by atoms with Gasteiger partial charge < -0.3 is 20.6 Å². The molecule has 1 aliphatic heterocycles. The molecule has 0 radical (unpaired) electrons. The summed E-state index contributed by atoms with van der Waals surface area (Å²) >= 11 is 0. The molecule has 1 saturated heterocycles. The van der Waals surface area contributed by atoms with Crippen molar-refractivity contribution in [1.82, 2.24) is 10.6 Å². The predicted molar refractivity (Wildman–Crippen MR) is 95.0 cm³/mol. The van der Waals surface area contributed by atoms with Gasteiger partial charge in [-0.1, -0.05) is 18.2 Å². The molecule has 0 spiro atoms. The number of para-hydroxylation sites is 1. The highest BCUT2D eigenvalue weighted by Crippen LogP contribution is 2.31. The van der Waals surface area contributed by atoms with E-state index in [9.17, 15) is 5.11 Å². The largest absolute Gasteiger partial charge is 0.388 e. The highest BCUT2D eigenvalue weighted by atomic mass is 16.3. The zero-order chi connectivity index (χ0) is 16.1. The summed E-state index contributed by atoms with van der Waals surface area (Å²) in [5.41, 5.74) is 0.719. The van der Waals surface area contributed by atoms with Crippen LogP contribution in [0, 0.1) is 0 Å². The molecule has 0 bridgehead atoms. The van der Waals surface area contributed by atoms with Gasteiger partial charge in [-0.05, 0) is 44.7 Å². The molecule has 3 N–H and O–H groups in total. The number of aliphatic imine (C=N–C) groups is 1. The third-order valence-electron chi connectivity index (χ3n) is 4.81. The lowest BCUT2D eigenvalue weighted by Crippen LogP contribution is -2.46. The number of anilines is 1. The smallest absolute Gasteiger partial charge is 0.191 e. The van der Waals surface area contributed by atoms with Crippen LogP contribution in [-0.4, -0.2) is 48.9 Å². The second-order valence-electron chi connectivity index (χ2n) is 6.68. The normalized spacial score (nSPS) is 23.5. The quantitative estimate of drug-likeness (QED) is 0.572. The van der Waals surface area contributed by atoms with E-state index < -0.39 is 5.60 Å². The van der Waals surface area contributed by atoms with E-state index in [-0.39, 0.29) is 0 Å². The fraction of sp³-hybridized carbons (Fsp3) is 0.611. The maximum Gasteiger partial charge on any atom is 0.191 e. The predicted octanol–water partition coefficient (Wildman–Crippen LogP) is 1.74. The Morgan fingerprint density at radius 2 is 2.13 bits per heavy atom. The highest BCUT2D eigenvalue weighted by molar-refractivity contribution is 5.80. The van der Waals surface area contributed by atoms with Gasteiger partial charge >= 0.3 is 0 Å². The number of rotatable bonds is 5. The van der Waals surface area contributed by atoms with Gasteiger partial charge in [0.2, 0.25) is 0 Å². The van der Waals surface area contributed by atoms with Crippen LogP contribution in [-0.2, 0) is 0 Å². The summed E-state index contributed by atoms with van der Waals surface area (Å²) in [5, 5.41) is 17.0. The van der Waals surface area contributed by atoms with Gasteiger partial charge in [0.05, 0.1) is 12.1 Å². The van der Waals surface area contributed by atoms with Gasteiger partial charge in [-0.15, -0.1) is 0 Å². The molecule has 0 amide bonds. The molecule has 5 heteroatoms. The van der Waals surface area contributed by atoms with Crippen molar-refractivity contribution in [2.75, 3.05) is 31.1 Å². The second-order valence-corrected chi connectivity index (χ2v) is 6.68. The Hall–Kier alpha value is -1.75. The van der Waals surface area contributed by atoms with E-state index in [1.807, 2.05) is 0 Å². The Morgan fingerprint density at radius 3 is 2.78 bits per heavy atom. The number of aliphatic hydroxyl groups is 1. The third-order valence-corrected chi connectivity index (χ3v) is 4.81. The van der Waals surface area contributed by atoms with Gasteiger partial charge in [-0.2, -0.15) is 0 Å². The van der Waals surface area contributed by atoms with Crippen molar-refractivity contribution in [3.63, 3.8) is 0 Å².